The number of ether oxygens (including phenoxy) is 1. The first-order valence-electron chi connectivity index (χ1n) is 20.7. The standard InChI is InChI=1S/C45H73N5O2/c1-10-17-20-36(13-4)32-50(23-19-22-40(29-46)30-47)33-39(16-7)24-38(15-6)26-45(9)27-41(25-42(28-45)49-35(8)12-3)43(31-48)44(51)52-34-37(14-5)21-18-11-2/h19,22-23,25,35-39,49H,10-18,20-21,24,26-28,32-34H2,1-9H3/b23-19?,43-41+. The first kappa shape index (κ1) is 46.5. The molecule has 0 radical (unpaired) electrons. The van der Waals surface area contributed by atoms with E-state index in [9.17, 15) is 20.6 Å². The molecule has 0 spiro atoms. The van der Waals surface area contributed by atoms with Gasteiger partial charge >= 0.3 is 5.97 Å². The predicted molar refractivity (Wildman–Crippen MR) is 215 cm³/mol. The first-order valence-corrected chi connectivity index (χ1v) is 20.7. The molecule has 6 unspecified atom stereocenters. The van der Waals surface area contributed by atoms with E-state index in [4.69, 9.17) is 4.74 Å². The summed E-state index contributed by atoms with van der Waals surface area (Å²) in [5.41, 5.74) is 2.05. The maximum atomic E-state index is 13.4. The van der Waals surface area contributed by atoms with Crippen molar-refractivity contribution in [2.24, 2.45) is 29.1 Å². The molecular formula is C45H73N5O2. The zero-order valence-electron chi connectivity index (χ0n) is 34.5. The molecule has 0 aromatic rings. The van der Waals surface area contributed by atoms with Crippen LogP contribution in [0.25, 0.3) is 0 Å². The number of carbonyl (C=O) groups is 1. The van der Waals surface area contributed by atoms with Crippen molar-refractivity contribution >= 4 is 5.97 Å². The van der Waals surface area contributed by atoms with Gasteiger partial charge in [-0.05, 0) is 111 Å². The normalized spacial score (nSPS) is 19.5. The van der Waals surface area contributed by atoms with Gasteiger partial charge in [-0.3, -0.25) is 0 Å². The molecule has 0 saturated carbocycles. The van der Waals surface area contributed by atoms with Gasteiger partial charge in [-0.2, -0.15) is 15.8 Å². The number of nitrogens with one attached hydrogen (secondary N) is 1. The number of carbonyl (C=O) groups excluding carboxylic acids is 1. The molecule has 1 N–H and O–H groups in total. The van der Waals surface area contributed by atoms with E-state index in [1.807, 2.05) is 18.2 Å². The molecule has 0 bridgehead atoms. The Labute approximate surface area is 319 Å². The van der Waals surface area contributed by atoms with Crippen LogP contribution in [-0.2, 0) is 9.53 Å². The lowest BCUT2D eigenvalue weighted by Gasteiger charge is -2.40. The van der Waals surface area contributed by atoms with Crippen LogP contribution < -0.4 is 5.32 Å². The summed E-state index contributed by atoms with van der Waals surface area (Å²) in [6, 6.07) is 6.48. The van der Waals surface area contributed by atoms with Crippen LogP contribution in [0.5, 0.6) is 0 Å². The summed E-state index contributed by atoms with van der Waals surface area (Å²) in [6.07, 6.45) is 23.3. The molecule has 0 aromatic heterocycles. The summed E-state index contributed by atoms with van der Waals surface area (Å²) in [4.78, 5) is 15.9. The number of unbranched alkanes of at least 4 members (excludes halogenated alkanes) is 2. The fourth-order valence-corrected chi connectivity index (χ4v) is 7.59. The quantitative estimate of drug-likeness (QED) is 0.0410. The summed E-state index contributed by atoms with van der Waals surface area (Å²) in [5.74, 6) is 1.39. The molecule has 0 fully saturated rings. The number of rotatable bonds is 26. The highest BCUT2D eigenvalue weighted by molar-refractivity contribution is 5.94. The van der Waals surface area contributed by atoms with Crippen LogP contribution in [0.3, 0.4) is 0 Å². The van der Waals surface area contributed by atoms with Crippen molar-refractivity contribution in [2.75, 3.05) is 19.7 Å². The van der Waals surface area contributed by atoms with Crippen LogP contribution in [0.4, 0.5) is 0 Å². The third kappa shape index (κ3) is 17.3. The van der Waals surface area contributed by atoms with Gasteiger partial charge in [0.05, 0.1) is 6.61 Å². The minimum Gasteiger partial charge on any atom is -0.461 e. The van der Waals surface area contributed by atoms with Gasteiger partial charge < -0.3 is 15.0 Å². The highest BCUT2D eigenvalue weighted by Crippen LogP contribution is 2.45. The second-order valence-electron chi connectivity index (χ2n) is 15.8. The maximum Gasteiger partial charge on any atom is 0.349 e. The Morgan fingerprint density at radius 2 is 1.46 bits per heavy atom. The van der Waals surface area contributed by atoms with Crippen LogP contribution in [-0.4, -0.2) is 36.6 Å². The fraction of sp³-hybridized carbons (Fsp3) is 0.733. The number of allylic oxidation sites excluding steroid dienone is 6. The van der Waals surface area contributed by atoms with Crippen LogP contribution in [0, 0.1) is 63.1 Å². The van der Waals surface area contributed by atoms with Gasteiger partial charge in [0.25, 0.3) is 0 Å². The van der Waals surface area contributed by atoms with Crippen molar-refractivity contribution in [1.29, 1.82) is 15.8 Å². The van der Waals surface area contributed by atoms with Gasteiger partial charge in [0.2, 0.25) is 0 Å². The van der Waals surface area contributed by atoms with E-state index < -0.39 is 5.97 Å². The molecule has 1 aliphatic carbocycles. The van der Waals surface area contributed by atoms with E-state index in [1.165, 1.54) is 19.3 Å². The zero-order valence-corrected chi connectivity index (χ0v) is 34.5. The molecule has 0 aromatic carbocycles. The van der Waals surface area contributed by atoms with Crippen molar-refractivity contribution in [3.8, 4) is 18.2 Å². The average molecular weight is 716 g/mol. The second-order valence-corrected chi connectivity index (χ2v) is 15.8. The Balaban J connectivity index is 3.34. The van der Waals surface area contributed by atoms with Crippen molar-refractivity contribution < 1.29 is 9.53 Å². The van der Waals surface area contributed by atoms with E-state index in [0.29, 0.717) is 42.7 Å². The average Bonchev–Trinajstić information content (AvgIpc) is 3.14. The Hall–Kier alpha value is -3.50. The lowest BCUT2D eigenvalue weighted by atomic mass is 9.68. The Morgan fingerprint density at radius 1 is 0.865 bits per heavy atom. The molecule has 7 nitrogen and oxygen atoms in total. The summed E-state index contributed by atoms with van der Waals surface area (Å²) >= 11 is 0. The summed E-state index contributed by atoms with van der Waals surface area (Å²) in [5, 5.41) is 32.5. The van der Waals surface area contributed by atoms with Gasteiger partial charge in [-0.1, -0.05) is 107 Å². The minimum absolute atomic E-state index is 0.114. The van der Waals surface area contributed by atoms with Crippen molar-refractivity contribution in [1.82, 2.24) is 10.2 Å². The van der Waals surface area contributed by atoms with Crippen molar-refractivity contribution in [3.05, 3.63) is 46.8 Å². The maximum absolute atomic E-state index is 13.4. The van der Waals surface area contributed by atoms with Gasteiger partial charge in [0.1, 0.15) is 29.4 Å². The van der Waals surface area contributed by atoms with Gasteiger partial charge in [-0.25, -0.2) is 4.79 Å². The summed E-state index contributed by atoms with van der Waals surface area (Å²) < 4.78 is 5.81. The molecule has 0 saturated heterocycles. The number of hydrogen-bond acceptors (Lipinski definition) is 7. The number of nitrogens with zero attached hydrogens (tertiary/aromatic N) is 4. The molecule has 0 aliphatic heterocycles. The summed E-state index contributed by atoms with van der Waals surface area (Å²) in [6.45, 7) is 22.3. The Kier molecular flexibility index (Phi) is 23.5. The molecule has 1 aliphatic rings. The topological polar surface area (TPSA) is 113 Å². The Morgan fingerprint density at radius 3 is 2.00 bits per heavy atom. The first-order chi connectivity index (χ1) is 25.0. The molecule has 1 rings (SSSR count). The number of nitriles is 3. The molecule has 52 heavy (non-hydrogen) atoms. The van der Waals surface area contributed by atoms with Gasteiger partial charge in [0.15, 0.2) is 0 Å². The molecular weight excluding hydrogens is 643 g/mol. The number of hydrogen-bond donors (Lipinski definition) is 1. The predicted octanol–water partition coefficient (Wildman–Crippen LogP) is 11.5. The molecule has 0 amide bonds. The monoisotopic (exact) mass is 716 g/mol. The van der Waals surface area contributed by atoms with Crippen molar-refractivity contribution in [3.63, 3.8) is 0 Å². The van der Waals surface area contributed by atoms with Crippen LogP contribution in [0.15, 0.2) is 46.8 Å². The van der Waals surface area contributed by atoms with Crippen LogP contribution in [0.2, 0.25) is 0 Å². The number of esters is 1. The lowest BCUT2D eigenvalue weighted by molar-refractivity contribution is -0.140. The highest BCUT2D eigenvalue weighted by Gasteiger charge is 2.36. The van der Waals surface area contributed by atoms with Gasteiger partial charge in [-0.15, -0.1) is 0 Å². The fourth-order valence-electron chi connectivity index (χ4n) is 7.59. The van der Waals surface area contributed by atoms with E-state index in [0.717, 1.165) is 95.0 Å². The van der Waals surface area contributed by atoms with Crippen LogP contribution >= 0.6 is 0 Å². The summed E-state index contributed by atoms with van der Waals surface area (Å²) in [7, 11) is 0. The van der Waals surface area contributed by atoms with Gasteiger partial charge in [0, 0.05) is 24.8 Å². The highest BCUT2D eigenvalue weighted by atomic mass is 16.5. The third-order valence-corrected chi connectivity index (χ3v) is 11.2. The van der Waals surface area contributed by atoms with Crippen LogP contribution in [0.1, 0.15) is 159 Å². The molecule has 290 valence electrons. The Bertz CT molecular complexity index is 1290. The molecule has 7 heteroatoms. The third-order valence-electron chi connectivity index (χ3n) is 11.2. The van der Waals surface area contributed by atoms with E-state index >= 15 is 0 Å². The SMILES string of the molecule is CCCCC(CC)COC(=O)/C(C#N)=C1\C=C(NC(C)CC)CC(C)(CC(CC)CC(CC)CN(C=CC=C(C#N)C#N)CC(CC)CCCC)C1. The van der Waals surface area contributed by atoms with E-state index in [1.54, 1.807) is 6.08 Å². The largest absolute Gasteiger partial charge is 0.461 e. The van der Waals surface area contributed by atoms with Crippen molar-refractivity contribution in [2.45, 2.75) is 165 Å². The minimum atomic E-state index is -0.488. The second kappa shape index (κ2) is 26.3. The van der Waals surface area contributed by atoms with E-state index in [2.05, 4.69) is 90.9 Å². The lowest BCUT2D eigenvalue weighted by Crippen LogP contribution is -2.34. The molecule has 0 heterocycles. The smallest absolute Gasteiger partial charge is 0.349 e. The zero-order chi connectivity index (χ0) is 38.9. The molecule has 6 atom stereocenters. The van der Waals surface area contributed by atoms with E-state index in [-0.39, 0.29) is 16.6 Å².